The summed E-state index contributed by atoms with van der Waals surface area (Å²) in [4.78, 5) is 14.2. The van der Waals surface area contributed by atoms with Gasteiger partial charge in [0, 0.05) is 0 Å². The molecule has 1 aliphatic carbocycles. The molecule has 2 atom stereocenters. The molecule has 4 nitrogen and oxygen atoms in total. The quantitative estimate of drug-likeness (QED) is 0.465. The van der Waals surface area contributed by atoms with Crippen LogP contribution in [0.5, 0.6) is 5.75 Å². The van der Waals surface area contributed by atoms with Crippen molar-refractivity contribution >= 4 is 17.5 Å². The fraction of sp³-hybridized carbons (Fsp3) is 0.240. The molecule has 156 valence electrons. The van der Waals surface area contributed by atoms with Crippen molar-refractivity contribution in [2.24, 2.45) is 0 Å². The maximum atomic E-state index is 12.6. The summed E-state index contributed by atoms with van der Waals surface area (Å²) in [6.45, 7) is 4.50. The fourth-order valence-corrected chi connectivity index (χ4v) is 3.61. The number of hydrogen-bond acceptors (Lipinski definition) is 3. The van der Waals surface area contributed by atoms with Crippen molar-refractivity contribution in [3.8, 4) is 5.75 Å². The molecule has 1 aliphatic rings. The van der Waals surface area contributed by atoms with Crippen LogP contribution >= 0.6 is 11.6 Å². The number of nitrogens with zero attached hydrogens (tertiary/aromatic N) is 1. The van der Waals surface area contributed by atoms with E-state index in [1.165, 1.54) is 0 Å². The number of ether oxygens (including phenoxy) is 1. The average Bonchev–Trinajstić information content (AvgIpc) is 2.82. The summed E-state index contributed by atoms with van der Waals surface area (Å²) in [7, 11) is 0. The molecule has 0 saturated carbocycles. The van der Waals surface area contributed by atoms with Gasteiger partial charge < -0.3 is 14.7 Å². The molecule has 0 bridgehead atoms. The molecule has 3 rings (SSSR count). The maximum absolute atomic E-state index is 12.6. The Hall–Kier alpha value is -2.82. The number of allylic oxidation sites excluding steroid dienone is 2. The lowest BCUT2D eigenvalue weighted by Gasteiger charge is -2.41. The van der Waals surface area contributed by atoms with Crippen LogP contribution in [0.15, 0.2) is 91.6 Å². The summed E-state index contributed by atoms with van der Waals surface area (Å²) in [5.74, 6) is 0.302. The van der Waals surface area contributed by atoms with Gasteiger partial charge in [-0.15, -0.1) is 18.2 Å². The van der Waals surface area contributed by atoms with Crippen LogP contribution in [-0.4, -0.2) is 33.9 Å². The number of rotatable bonds is 9. The van der Waals surface area contributed by atoms with Gasteiger partial charge in [-0.2, -0.15) is 0 Å². The number of hydrogen-bond donors (Lipinski definition) is 1. The van der Waals surface area contributed by atoms with Crippen LogP contribution in [-0.2, 0) is 11.4 Å². The molecule has 0 aromatic heterocycles. The number of carbonyl (C=O) groups is 1. The van der Waals surface area contributed by atoms with E-state index in [0.717, 1.165) is 5.56 Å². The highest BCUT2D eigenvalue weighted by Crippen LogP contribution is 2.30. The molecule has 2 aromatic carbocycles. The number of amides is 1. The van der Waals surface area contributed by atoms with E-state index in [4.69, 9.17) is 16.3 Å². The SMILES string of the molecule is C=C[C@]1(N(CC(O)c2ccc(OCc3ccccc3)cc2)C(=O)CCl)C=CC=CC1. The molecule has 0 heterocycles. The largest absolute Gasteiger partial charge is 0.489 e. The molecule has 0 fully saturated rings. The highest BCUT2D eigenvalue weighted by molar-refractivity contribution is 6.27. The van der Waals surface area contributed by atoms with Crippen molar-refractivity contribution in [1.29, 1.82) is 0 Å². The molecule has 0 radical (unpaired) electrons. The molecule has 1 unspecified atom stereocenters. The summed E-state index contributed by atoms with van der Waals surface area (Å²) in [5.41, 5.74) is 1.09. The van der Waals surface area contributed by atoms with E-state index in [1.807, 2.05) is 78.9 Å². The van der Waals surface area contributed by atoms with Gasteiger partial charge in [0.1, 0.15) is 18.2 Å². The zero-order valence-corrected chi connectivity index (χ0v) is 17.5. The van der Waals surface area contributed by atoms with Gasteiger partial charge in [0.05, 0.1) is 18.2 Å². The number of alkyl halides is 1. The Kier molecular flexibility index (Phi) is 7.50. The Labute approximate surface area is 182 Å². The lowest BCUT2D eigenvalue weighted by atomic mass is 9.88. The van der Waals surface area contributed by atoms with Crippen molar-refractivity contribution < 1.29 is 14.6 Å². The van der Waals surface area contributed by atoms with Gasteiger partial charge in [-0.1, -0.05) is 72.8 Å². The topological polar surface area (TPSA) is 49.8 Å². The van der Waals surface area contributed by atoms with Gasteiger partial charge in [0.2, 0.25) is 5.91 Å². The second-order valence-electron chi connectivity index (χ2n) is 7.18. The predicted octanol–water partition coefficient (Wildman–Crippen LogP) is 4.81. The average molecular weight is 424 g/mol. The minimum Gasteiger partial charge on any atom is -0.489 e. The van der Waals surface area contributed by atoms with Crippen LogP contribution in [0.2, 0.25) is 0 Å². The second-order valence-corrected chi connectivity index (χ2v) is 7.45. The minimum atomic E-state index is -0.864. The second kappa shape index (κ2) is 10.3. The van der Waals surface area contributed by atoms with E-state index < -0.39 is 11.6 Å². The zero-order chi connectivity index (χ0) is 21.4. The molecule has 0 spiro atoms. The van der Waals surface area contributed by atoms with Crippen LogP contribution in [0.3, 0.4) is 0 Å². The number of benzene rings is 2. The van der Waals surface area contributed by atoms with Crippen molar-refractivity contribution in [2.75, 3.05) is 12.4 Å². The molecule has 0 saturated heterocycles. The number of aliphatic hydroxyl groups is 1. The first-order chi connectivity index (χ1) is 14.6. The third-order valence-corrected chi connectivity index (χ3v) is 5.45. The lowest BCUT2D eigenvalue weighted by Crippen LogP contribution is -2.51. The summed E-state index contributed by atoms with van der Waals surface area (Å²) >= 11 is 5.85. The molecule has 2 aromatic rings. The fourth-order valence-electron chi connectivity index (χ4n) is 3.47. The summed E-state index contributed by atoms with van der Waals surface area (Å²) in [6, 6.07) is 17.2. The van der Waals surface area contributed by atoms with E-state index in [2.05, 4.69) is 6.58 Å². The Morgan fingerprint density at radius 2 is 1.93 bits per heavy atom. The first-order valence-electron chi connectivity index (χ1n) is 9.87. The Balaban J connectivity index is 1.69. The molecule has 0 aliphatic heterocycles. The van der Waals surface area contributed by atoms with Gasteiger partial charge in [-0.3, -0.25) is 4.79 Å². The van der Waals surface area contributed by atoms with Gasteiger partial charge in [0.15, 0.2) is 0 Å². The summed E-state index contributed by atoms with van der Waals surface area (Å²) in [5, 5.41) is 10.8. The van der Waals surface area contributed by atoms with E-state index >= 15 is 0 Å². The smallest absolute Gasteiger partial charge is 0.238 e. The van der Waals surface area contributed by atoms with E-state index in [9.17, 15) is 9.90 Å². The van der Waals surface area contributed by atoms with Gasteiger partial charge in [0.25, 0.3) is 0 Å². The first-order valence-corrected chi connectivity index (χ1v) is 10.4. The van der Waals surface area contributed by atoms with Crippen LogP contribution in [0.25, 0.3) is 0 Å². The van der Waals surface area contributed by atoms with Gasteiger partial charge >= 0.3 is 0 Å². The highest BCUT2D eigenvalue weighted by atomic mass is 35.5. The van der Waals surface area contributed by atoms with Gasteiger partial charge in [-0.05, 0) is 29.7 Å². The standard InChI is InChI=1S/C25H26ClNO3/c1-2-25(15-7-4-8-16-25)27(24(29)17-26)18-23(28)21-11-13-22(14-12-21)30-19-20-9-5-3-6-10-20/h2-15,23,28H,1,16-19H2/t23?,25-/m0/s1. The van der Waals surface area contributed by atoms with Crippen LogP contribution < -0.4 is 4.74 Å². The third kappa shape index (κ3) is 5.21. The number of halogens is 1. The van der Waals surface area contributed by atoms with Crippen LogP contribution in [0.1, 0.15) is 23.7 Å². The van der Waals surface area contributed by atoms with Crippen molar-refractivity contribution in [3.63, 3.8) is 0 Å². The Morgan fingerprint density at radius 3 is 2.53 bits per heavy atom. The molecular weight excluding hydrogens is 398 g/mol. The van der Waals surface area contributed by atoms with Crippen LogP contribution in [0.4, 0.5) is 0 Å². The monoisotopic (exact) mass is 423 g/mol. The summed E-state index contributed by atoms with van der Waals surface area (Å²) in [6.07, 6.45) is 9.15. The first kappa shape index (κ1) is 21.9. The van der Waals surface area contributed by atoms with Crippen LogP contribution in [0, 0.1) is 0 Å². The normalized spacial score (nSPS) is 18.6. The molecule has 5 heteroatoms. The number of aliphatic hydroxyl groups excluding tert-OH is 1. The van der Waals surface area contributed by atoms with E-state index in [1.54, 1.807) is 11.0 Å². The van der Waals surface area contributed by atoms with E-state index in [-0.39, 0.29) is 18.3 Å². The number of carbonyl (C=O) groups excluding carboxylic acids is 1. The Morgan fingerprint density at radius 1 is 1.20 bits per heavy atom. The zero-order valence-electron chi connectivity index (χ0n) is 16.8. The van der Waals surface area contributed by atoms with Gasteiger partial charge in [-0.25, -0.2) is 0 Å². The number of β-amino-alcohol motifs (C(OH)–C–C–N with tert-alkyl or cyclic N) is 1. The minimum absolute atomic E-state index is 0.111. The predicted molar refractivity (Wildman–Crippen MR) is 120 cm³/mol. The summed E-state index contributed by atoms with van der Waals surface area (Å²) < 4.78 is 5.80. The maximum Gasteiger partial charge on any atom is 0.238 e. The molecule has 30 heavy (non-hydrogen) atoms. The molecule has 1 amide bonds. The molecule has 1 N–H and O–H groups in total. The molecular formula is C25H26ClNO3. The van der Waals surface area contributed by atoms with Crippen molar-refractivity contribution in [2.45, 2.75) is 24.7 Å². The highest BCUT2D eigenvalue weighted by Gasteiger charge is 2.35. The van der Waals surface area contributed by atoms with E-state index in [0.29, 0.717) is 24.3 Å². The van der Waals surface area contributed by atoms with Crippen molar-refractivity contribution in [3.05, 3.63) is 103 Å². The Bertz CT molecular complexity index is 908. The van der Waals surface area contributed by atoms with Crippen molar-refractivity contribution in [1.82, 2.24) is 4.90 Å². The third-order valence-electron chi connectivity index (χ3n) is 5.22. The lowest BCUT2D eigenvalue weighted by molar-refractivity contribution is -0.133.